The van der Waals surface area contributed by atoms with Crippen LogP contribution in [0.25, 0.3) is 0 Å². The van der Waals surface area contributed by atoms with Crippen molar-refractivity contribution < 1.29 is 9.59 Å². The molecule has 1 aromatic carbocycles. The third-order valence-electron chi connectivity index (χ3n) is 3.32. The fourth-order valence-electron chi connectivity index (χ4n) is 2.13. The number of nitrogens with two attached hydrogens (primary N) is 1. The summed E-state index contributed by atoms with van der Waals surface area (Å²) in [7, 11) is 1.62. The number of hydrogen-bond acceptors (Lipinski definition) is 3. The Hall–Kier alpha value is -1.59. The van der Waals surface area contributed by atoms with Gasteiger partial charge >= 0.3 is 0 Å². The van der Waals surface area contributed by atoms with Gasteiger partial charge in [0.15, 0.2) is 0 Å². The number of halogens is 1. The Morgan fingerprint density at radius 1 is 1.18 bits per heavy atom. The number of rotatable bonds is 6. The van der Waals surface area contributed by atoms with Gasteiger partial charge in [-0.15, -0.1) is 12.4 Å². The highest BCUT2D eigenvalue weighted by atomic mass is 35.5. The minimum atomic E-state index is -0.385. The van der Waals surface area contributed by atoms with Gasteiger partial charge in [-0.25, -0.2) is 0 Å². The molecule has 0 aromatic heterocycles. The Morgan fingerprint density at radius 3 is 2.23 bits per heavy atom. The number of carbonyl (C=O) groups excluding carboxylic acids is 2. The monoisotopic (exact) mass is 327 g/mol. The Kier molecular flexibility index (Phi) is 8.75. The van der Waals surface area contributed by atoms with E-state index in [0.717, 1.165) is 5.56 Å². The van der Waals surface area contributed by atoms with Crippen LogP contribution in [0.4, 0.5) is 0 Å². The van der Waals surface area contributed by atoms with Crippen LogP contribution in [0.2, 0.25) is 0 Å². The molecule has 124 valence electrons. The predicted molar refractivity (Wildman–Crippen MR) is 90.7 cm³/mol. The highest BCUT2D eigenvalue weighted by molar-refractivity contribution is 5.86. The summed E-state index contributed by atoms with van der Waals surface area (Å²) >= 11 is 0. The lowest BCUT2D eigenvalue weighted by molar-refractivity contribution is -0.138. The predicted octanol–water partition coefficient (Wildman–Crippen LogP) is 1.73. The molecule has 0 saturated carbocycles. The average molecular weight is 328 g/mol. The Morgan fingerprint density at radius 2 is 1.73 bits per heavy atom. The molecule has 2 amide bonds. The fraction of sp³-hybridized carbons (Fsp3) is 0.500. The second-order valence-electron chi connectivity index (χ2n) is 5.64. The van der Waals surface area contributed by atoms with Crippen LogP contribution in [0.5, 0.6) is 0 Å². The topological polar surface area (TPSA) is 75.4 Å². The van der Waals surface area contributed by atoms with Gasteiger partial charge in [0.2, 0.25) is 11.8 Å². The highest BCUT2D eigenvalue weighted by Crippen LogP contribution is 2.20. The minimum Gasteiger partial charge on any atom is -0.352 e. The maximum Gasteiger partial charge on any atom is 0.239 e. The van der Waals surface area contributed by atoms with Crippen molar-refractivity contribution in [3.05, 3.63) is 35.9 Å². The van der Waals surface area contributed by atoms with Crippen molar-refractivity contribution in [3.63, 3.8) is 0 Å². The van der Waals surface area contributed by atoms with Crippen molar-refractivity contribution in [1.29, 1.82) is 0 Å². The molecule has 2 atom stereocenters. The fourth-order valence-corrected chi connectivity index (χ4v) is 2.13. The molecule has 0 aliphatic carbocycles. The maximum atomic E-state index is 12.3. The molecule has 2 unspecified atom stereocenters. The van der Waals surface area contributed by atoms with Gasteiger partial charge in [-0.2, -0.15) is 0 Å². The van der Waals surface area contributed by atoms with Crippen LogP contribution in [-0.4, -0.2) is 36.3 Å². The highest BCUT2D eigenvalue weighted by Gasteiger charge is 2.25. The van der Waals surface area contributed by atoms with Crippen LogP contribution in [0, 0.1) is 5.92 Å². The van der Waals surface area contributed by atoms with Crippen LogP contribution >= 0.6 is 12.4 Å². The lowest BCUT2D eigenvalue weighted by Crippen LogP contribution is -2.44. The number of nitrogens with one attached hydrogen (secondary N) is 1. The average Bonchev–Trinajstić information content (AvgIpc) is 2.44. The molecule has 0 aliphatic heterocycles. The van der Waals surface area contributed by atoms with E-state index in [0.29, 0.717) is 0 Å². The van der Waals surface area contributed by atoms with E-state index in [1.54, 1.807) is 14.0 Å². The molecule has 6 heteroatoms. The molecule has 0 spiro atoms. The summed E-state index contributed by atoms with van der Waals surface area (Å²) in [6.07, 6.45) is 0. The van der Waals surface area contributed by atoms with E-state index < -0.39 is 0 Å². The molecule has 3 N–H and O–H groups in total. The first-order chi connectivity index (χ1) is 9.82. The molecule has 0 fully saturated rings. The number of amides is 2. The van der Waals surface area contributed by atoms with Gasteiger partial charge in [0, 0.05) is 19.1 Å². The van der Waals surface area contributed by atoms with Crippen molar-refractivity contribution >= 4 is 24.2 Å². The molecular formula is C16H26ClN3O2. The van der Waals surface area contributed by atoms with Crippen LogP contribution in [0.3, 0.4) is 0 Å². The van der Waals surface area contributed by atoms with E-state index >= 15 is 0 Å². The Balaban J connectivity index is 0.00000441. The second kappa shape index (κ2) is 9.43. The molecule has 0 radical (unpaired) electrons. The van der Waals surface area contributed by atoms with E-state index in [2.05, 4.69) is 5.32 Å². The number of likely N-dealkylation sites (N-methyl/N-ethyl adjacent to an activating group) is 1. The Bertz CT molecular complexity index is 480. The molecule has 0 saturated heterocycles. The zero-order valence-corrected chi connectivity index (χ0v) is 14.4. The van der Waals surface area contributed by atoms with E-state index in [1.165, 1.54) is 4.90 Å². The number of hydrogen-bond donors (Lipinski definition) is 2. The SMILES string of the molecule is CC(C)NC(=O)CN(C)C(=O)C(C)C(N)c1ccccc1.Cl. The van der Waals surface area contributed by atoms with E-state index in [4.69, 9.17) is 5.73 Å². The minimum absolute atomic E-state index is 0. The molecule has 0 heterocycles. The molecule has 1 rings (SSSR count). The van der Waals surface area contributed by atoms with Crippen molar-refractivity contribution in [3.8, 4) is 0 Å². The van der Waals surface area contributed by atoms with Crippen LogP contribution in [0.15, 0.2) is 30.3 Å². The van der Waals surface area contributed by atoms with Gasteiger partial charge in [-0.1, -0.05) is 37.3 Å². The summed E-state index contributed by atoms with van der Waals surface area (Å²) in [5, 5.41) is 2.76. The van der Waals surface area contributed by atoms with E-state index in [1.807, 2.05) is 44.2 Å². The first-order valence-corrected chi connectivity index (χ1v) is 7.17. The zero-order valence-electron chi connectivity index (χ0n) is 13.6. The summed E-state index contributed by atoms with van der Waals surface area (Å²) in [5.41, 5.74) is 7.06. The zero-order chi connectivity index (χ0) is 16.0. The standard InChI is InChI=1S/C16H25N3O2.ClH/c1-11(2)18-14(20)10-19(4)16(21)12(3)15(17)13-8-6-5-7-9-13;/h5-9,11-12,15H,10,17H2,1-4H3,(H,18,20);1H. The lowest BCUT2D eigenvalue weighted by Gasteiger charge is -2.25. The summed E-state index contributed by atoms with van der Waals surface area (Å²) in [5.74, 6) is -0.684. The van der Waals surface area contributed by atoms with Gasteiger partial charge < -0.3 is 16.0 Å². The van der Waals surface area contributed by atoms with Crippen molar-refractivity contribution in [2.75, 3.05) is 13.6 Å². The van der Waals surface area contributed by atoms with E-state index in [-0.39, 0.29) is 48.8 Å². The quantitative estimate of drug-likeness (QED) is 0.835. The first kappa shape index (κ1) is 20.4. The lowest BCUT2D eigenvalue weighted by atomic mass is 9.94. The molecule has 1 aromatic rings. The summed E-state index contributed by atoms with van der Waals surface area (Å²) in [4.78, 5) is 25.5. The smallest absolute Gasteiger partial charge is 0.239 e. The molecule has 0 aliphatic rings. The van der Waals surface area contributed by atoms with Gasteiger partial charge in [-0.3, -0.25) is 9.59 Å². The van der Waals surface area contributed by atoms with Gasteiger partial charge in [-0.05, 0) is 19.4 Å². The summed E-state index contributed by atoms with van der Waals surface area (Å²) in [6, 6.07) is 9.18. The number of benzene rings is 1. The van der Waals surface area contributed by atoms with Crippen LogP contribution in [-0.2, 0) is 9.59 Å². The van der Waals surface area contributed by atoms with Crippen molar-refractivity contribution in [1.82, 2.24) is 10.2 Å². The largest absolute Gasteiger partial charge is 0.352 e. The Labute approximate surface area is 138 Å². The van der Waals surface area contributed by atoms with Gasteiger partial charge in [0.25, 0.3) is 0 Å². The van der Waals surface area contributed by atoms with Crippen molar-refractivity contribution in [2.24, 2.45) is 11.7 Å². The molecular weight excluding hydrogens is 302 g/mol. The van der Waals surface area contributed by atoms with E-state index in [9.17, 15) is 9.59 Å². The molecule has 22 heavy (non-hydrogen) atoms. The maximum absolute atomic E-state index is 12.3. The number of nitrogens with zero attached hydrogens (tertiary/aromatic N) is 1. The third kappa shape index (κ3) is 6.03. The first-order valence-electron chi connectivity index (χ1n) is 7.17. The summed E-state index contributed by atoms with van der Waals surface area (Å²) < 4.78 is 0. The molecule has 0 bridgehead atoms. The second-order valence-corrected chi connectivity index (χ2v) is 5.64. The van der Waals surface area contributed by atoms with Gasteiger partial charge in [0.1, 0.15) is 0 Å². The number of carbonyl (C=O) groups is 2. The van der Waals surface area contributed by atoms with Crippen molar-refractivity contribution in [2.45, 2.75) is 32.9 Å². The summed E-state index contributed by atoms with van der Waals surface area (Å²) in [6.45, 7) is 5.60. The van der Waals surface area contributed by atoms with Crippen LogP contribution in [0.1, 0.15) is 32.4 Å². The third-order valence-corrected chi connectivity index (χ3v) is 3.32. The normalized spacial score (nSPS) is 13.0. The molecule has 5 nitrogen and oxygen atoms in total. The van der Waals surface area contributed by atoms with Crippen LogP contribution < -0.4 is 11.1 Å². The van der Waals surface area contributed by atoms with Gasteiger partial charge in [0.05, 0.1) is 12.5 Å².